The highest BCUT2D eigenvalue weighted by Gasteiger charge is 2.06. The van der Waals surface area contributed by atoms with Gasteiger partial charge in [-0.1, -0.05) is 6.07 Å². The first-order chi connectivity index (χ1) is 10.1. The molecule has 2 aromatic carbocycles. The smallest absolute Gasteiger partial charge is 0.319 e. The number of hydrogen-bond acceptors (Lipinski definition) is 4. The van der Waals surface area contributed by atoms with Crippen molar-refractivity contribution >= 4 is 17.4 Å². The van der Waals surface area contributed by atoms with Gasteiger partial charge in [0.2, 0.25) is 0 Å². The van der Waals surface area contributed by atoms with E-state index in [4.69, 9.17) is 10.5 Å². The van der Waals surface area contributed by atoms with Crippen LogP contribution in [0.2, 0.25) is 0 Å². The van der Waals surface area contributed by atoms with Crippen LogP contribution in [0.5, 0.6) is 11.5 Å². The van der Waals surface area contributed by atoms with Crippen LogP contribution in [0.1, 0.15) is 5.56 Å². The number of anilines is 2. The second-order valence-corrected chi connectivity index (χ2v) is 4.43. The van der Waals surface area contributed by atoms with Gasteiger partial charge in [-0.05, 0) is 30.3 Å². The molecule has 0 atom stereocenters. The summed E-state index contributed by atoms with van der Waals surface area (Å²) in [5.41, 5.74) is 7.33. The minimum absolute atomic E-state index is 0.0888. The van der Waals surface area contributed by atoms with Crippen molar-refractivity contribution in [2.45, 2.75) is 6.54 Å². The molecule has 2 aromatic rings. The molecule has 0 saturated carbocycles. The van der Waals surface area contributed by atoms with Gasteiger partial charge in [0.15, 0.2) is 0 Å². The molecule has 2 amide bonds. The summed E-state index contributed by atoms with van der Waals surface area (Å²) in [4.78, 5) is 11.8. The predicted octanol–water partition coefficient (Wildman–Crippen LogP) is 2.30. The SMILES string of the molecule is COc1cccc(NC(=O)NCc2cc(N)ccc2O)c1. The fraction of sp³-hybridized carbons (Fsp3) is 0.133. The van der Waals surface area contributed by atoms with Crippen molar-refractivity contribution in [3.63, 3.8) is 0 Å². The number of nitrogens with one attached hydrogen (secondary N) is 2. The fourth-order valence-electron chi connectivity index (χ4n) is 1.80. The first kappa shape index (κ1) is 14.5. The predicted molar refractivity (Wildman–Crippen MR) is 81.4 cm³/mol. The van der Waals surface area contributed by atoms with Gasteiger partial charge in [0.05, 0.1) is 7.11 Å². The molecule has 2 rings (SSSR count). The van der Waals surface area contributed by atoms with Gasteiger partial charge in [0, 0.05) is 29.5 Å². The highest BCUT2D eigenvalue weighted by Crippen LogP contribution is 2.19. The summed E-state index contributed by atoms with van der Waals surface area (Å²) in [6.45, 7) is 0.173. The van der Waals surface area contributed by atoms with Gasteiger partial charge in [-0.2, -0.15) is 0 Å². The Labute approximate surface area is 122 Å². The molecule has 0 aliphatic carbocycles. The molecule has 0 fully saturated rings. The van der Waals surface area contributed by atoms with E-state index in [1.807, 2.05) is 0 Å². The van der Waals surface area contributed by atoms with E-state index in [0.29, 0.717) is 22.7 Å². The van der Waals surface area contributed by atoms with E-state index in [-0.39, 0.29) is 18.3 Å². The molecule has 0 aromatic heterocycles. The number of methoxy groups -OCH3 is 1. The van der Waals surface area contributed by atoms with Crippen molar-refractivity contribution in [2.24, 2.45) is 0 Å². The van der Waals surface area contributed by atoms with Gasteiger partial charge < -0.3 is 26.2 Å². The maximum absolute atomic E-state index is 11.8. The molecule has 110 valence electrons. The molecular formula is C15H17N3O3. The van der Waals surface area contributed by atoms with Gasteiger partial charge >= 0.3 is 6.03 Å². The number of ether oxygens (including phenoxy) is 1. The molecule has 6 heteroatoms. The molecule has 0 saturated heterocycles. The van der Waals surface area contributed by atoms with Crippen LogP contribution < -0.4 is 21.1 Å². The number of urea groups is 1. The van der Waals surface area contributed by atoms with E-state index in [2.05, 4.69) is 10.6 Å². The highest BCUT2D eigenvalue weighted by atomic mass is 16.5. The van der Waals surface area contributed by atoms with E-state index in [1.165, 1.54) is 6.07 Å². The van der Waals surface area contributed by atoms with E-state index >= 15 is 0 Å². The number of carbonyl (C=O) groups is 1. The van der Waals surface area contributed by atoms with Crippen molar-refractivity contribution in [1.29, 1.82) is 0 Å². The second kappa shape index (κ2) is 6.51. The minimum Gasteiger partial charge on any atom is -0.508 e. The van der Waals surface area contributed by atoms with Crippen molar-refractivity contribution in [1.82, 2.24) is 5.32 Å². The minimum atomic E-state index is -0.384. The average molecular weight is 287 g/mol. The van der Waals surface area contributed by atoms with Crippen LogP contribution in [-0.4, -0.2) is 18.2 Å². The fourth-order valence-corrected chi connectivity index (χ4v) is 1.80. The molecule has 5 N–H and O–H groups in total. The van der Waals surface area contributed by atoms with Gasteiger partial charge in [0.25, 0.3) is 0 Å². The van der Waals surface area contributed by atoms with Crippen molar-refractivity contribution in [3.8, 4) is 11.5 Å². The van der Waals surface area contributed by atoms with Gasteiger partial charge in [-0.3, -0.25) is 0 Å². The maximum Gasteiger partial charge on any atom is 0.319 e. The van der Waals surface area contributed by atoms with Crippen LogP contribution in [0.3, 0.4) is 0 Å². The molecule has 0 aliphatic heterocycles. The molecule has 6 nitrogen and oxygen atoms in total. The van der Waals surface area contributed by atoms with E-state index < -0.39 is 0 Å². The summed E-state index contributed by atoms with van der Waals surface area (Å²) in [7, 11) is 1.56. The zero-order chi connectivity index (χ0) is 15.2. The van der Waals surface area contributed by atoms with Crippen molar-refractivity contribution in [2.75, 3.05) is 18.2 Å². The lowest BCUT2D eigenvalue weighted by atomic mass is 10.2. The Morgan fingerprint density at radius 3 is 2.86 bits per heavy atom. The lowest BCUT2D eigenvalue weighted by molar-refractivity contribution is 0.251. The maximum atomic E-state index is 11.8. The Kier molecular flexibility index (Phi) is 4.50. The summed E-state index contributed by atoms with van der Waals surface area (Å²) in [6.07, 6.45) is 0. The molecule has 0 radical (unpaired) electrons. The summed E-state index contributed by atoms with van der Waals surface area (Å²) < 4.78 is 5.08. The molecule has 0 spiro atoms. The molecule has 0 unspecified atom stereocenters. The Morgan fingerprint density at radius 1 is 1.29 bits per heavy atom. The normalized spacial score (nSPS) is 9.95. The number of nitrogens with two attached hydrogens (primary N) is 1. The highest BCUT2D eigenvalue weighted by molar-refractivity contribution is 5.89. The number of hydrogen-bond donors (Lipinski definition) is 4. The standard InChI is InChI=1S/C15H17N3O3/c1-21-13-4-2-3-12(8-13)18-15(20)17-9-10-7-11(16)5-6-14(10)19/h2-8,19H,9,16H2,1H3,(H2,17,18,20). The van der Waals surface area contributed by atoms with Gasteiger partial charge in [0.1, 0.15) is 11.5 Å². The Hall–Kier alpha value is -2.89. The number of phenolic OH excluding ortho intramolecular Hbond substituents is 1. The molecule has 0 bridgehead atoms. The number of amides is 2. The largest absolute Gasteiger partial charge is 0.508 e. The van der Waals surface area contributed by atoms with Crippen LogP contribution in [-0.2, 0) is 6.54 Å². The Bertz CT molecular complexity index is 644. The third-order valence-corrected chi connectivity index (χ3v) is 2.87. The number of aromatic hydroxyl groups is 1. The van der Waals surface area contributed by atoms with Crippen molar-refractivity contribution in [3.05, 3.63) is 48.0 Å². The van der Waals surface area contributed by atoms with E-state index in [1.54, 1.807) is 43.5 Å². The van der Waals surface area contributed by atoms with Gasteiger partial charge in [-0.15, -0.1) is 0 Å². The molecule has 21 heavy (non-hydrogen) atoms. The van der Waals surface area contributed by atoms with Crippen LogP contribution in [0, 0.1) is 0 Å². The molecule has 0 aliphatic rings. The summed E-state index contributed by atoms with van der Waals surface area (Å²) >= 11 is 0. The first-order valence-corrected chi connectivity index (χ1v) is 6.35. The quantitative estimate of drug-likeness (QED) is 0.512. The van der Waals surface area contributed by atoms with Crippen LogP contribution in [0.15, 0.2) is 42.5 Å². The zero-order valence-corrected chi connectivity index (χ0v) is 11.6. The average Bonchev–Trinajstić information content (AvgIpc) is 2.48. The monoisotopic (exact) mass is 287 g/mol. The van der Waals surface area contributed by atoms with Crippen LogP contribution in [0.25, 0.3) is 0 Å². The first-order valence-electron chi connectivity index (χ1n) is 6.35. The van der Waals surface area contributed by atoms with E-state index in [9.17, 15) is 9.90 Å². The topological polar surface area (TPSA) is 96.6 Å². The molecule has 0 heterocycles. The van der Waals surface area contributed by atoms with Gasteiger partial charge in [-0.25, -0.2) is 4.79 Å². The Balaban J connectivity index is 1.94. The van der Waals surface area contributed by atoms with Crippen molar-refractivity contribution < 1.29 is 14.6 Å². The Morgan fingerprint density at radius 2 is 2.10 bits per heavy atom. The second-order valence-electron chi connectivity index (χ2n) is 4.43. The number of rotatable bonds is 4. The number of carbonyl (C=O) groups excluding carboxylic acids is 1. The molecular weight excluding hydrogens is 270 g/mol. The van der Waals surface area contributed by atoms with Crippen LogP contribution in [0.4, 0.5) is 16.2 Å². The lowest BCUT2D eigenvalue weighted by Crippen LogP contribution is -2.28. The number of nitrogen functional groups attached to an aromatic ring is 1. The summed E-state index contributed by atoms with van der Waals surface area (Å²) in [6, 6.07) is 11.3. The zero-order valence-electron chi connectivity index (χ0n) is 11.6. The van der Waals surface area contributed by atoms with Crippen LogP contribution >= 0.6 is 0 Å². The lowest BCUT2D eigenvalue weighted by Gasteiger charge is -2.10. The summed E-state index contributed by atoms with van der Waals surface area (Å²) in [5.74, 6) is 0.743. The summed E-state index contributed by atoms with van der Waals surface area (Å²) in [5, 5.41) is 15.0. The third kappa shape index (κ3) is 4.04. The van der Waals surface area contributed by atoms with E-state index in [0.717, 1.165) is 0 Å². The third-order valence-electron chi connectivity index (χ3n) is 2.87. The number of phenols is 1. The number of benzene rings is 2.